The lowest BCUT2D eigenvalue weighted by Crippen LogP contribution is -2.12. The predicted octanol–water partition coefficient (Wildman–Crippen LogP) is 3.84. The molecule has 0 atom stereocenters. The Labute approximate surface area is 146 Å². The minimum atomic E-state index is -0.298. The molecule has 0 aliphatic rings. The molecule has 1 aromatic carbocycles. The van der Waals surface area contributed by atoms with Crippen LogP contribution in [0.2, 0.25) is 5.02 Å². The van der Waals surface area contributed by atoms with Gasteiger partial charge >= 0.3 is 0 Å². The molecular formula is C15H14ClN5O2S. The van der Waals surface area contributed by atoms with Crippen LogP contribution >= 0.6 is 22.9 Å². The zero-order valence-electron chi connectivity index (χ0n) is 12.8. The number of phenols is 1. The lowest BCUT2D eigenvalue weighted by Gasteiger charge is -2.11. The molecule has 0 saturated heterocycles. The standard InChI is InChI=1S/C15H14ClN5O2S/c1-7-3-4-10(22)8(2)12(7)19-14(23)11-6-17-15(24-11)20-13-9(16)5-18-21-13/h3-6,22H,1-2H3,(H,19,23)(H2,17,18,20,21). The third kappa shape index (κ3) is 3.19. The van der Waals surface area contributed by atoms with Gasteiger partial charge < -0.3 is 15.7 Å². The number of nitrogens with one attached hydrogen (secondary N) is 3. The van der Waals surface area contributed by atoms with E-state index in [-0.39, 0.29) is 11.7 Å². The fraction of sp³-hybridized carbons (Fsp3) is 0.133. The van der Waals surface area contributed by atoms with Crippen LogP contribution in [0.15, 0.2) is 24.5 Å². The van der Waals surface area contributed by atoms with E-state index in [9.17, 15) is 9.90 Å². The third-order valence-corrected chi connectivity index (χ3v) is 4.64. The van der Waals surface area contributed by atoms with Gasteiger partial charge in [-0.2, -0.15) is 5.10 Å². The average Bonchev–Trinajstić information content (AvgIpc) is 3.18. The van der Waals surface area contributed by atoms with E-state index in [2.05, 4.69) is 25.8 Å². The van der Waals surface area contributed by atoms with E-state index in [0.717, 1.165) is 5.56 Å². The molecule has 1 amide bonds. The van der Waals surface area contributed by atoms with Gasteiger partial charge in [-0.25, -0.2) is 4.98 Å². The second-order valence-corrected chi connectivity index (χ2v) is 6.54. The molecule has 124 valence electrons. The quantitative estimate of drug-likeness (QED) is 0.564. The minimum Gasteiger partial charge on any atom is -0.508 e. The van der Waals surface area contributed by atoms with Crippen molar-refractivity contribution in [2.75, 3.05) is 10.6 Å². The van der Waals surface area contributed by atoms with Crippen molar-refractivity contribution in [3.63, 3.8) is 0 Å². The number of aromatic nitrogens is 3. The summed E-state index contributed by atoms with van der Waals surface area (Å²) in [5.41, 5.74) is 2.08. The van der Waals surface area contributed by atoms with Crippen LogP contribution in [-0.4, -0.2) is 26.2 Å². The molecule has 0 fully saturated rings. The van der Waals surface area contributed by atoms with Gasteiger partial charge in [0.15, 0.2) is 5.13 Å². The average molecular weight is 364 g/mol. The maximum atomic E-state index is 12.4. The van der Waals surface area contributed by atoms with E-state index in [1.165, 1.54) is 23.7 Å². The number of aromatic hydroxyl groups is 1. The Balaban J connectivity index is 1.77. The molecular weight excluding hydrogens is 350 g/mol. The highest BCUT2D eigenvalue weighted by atomic mass is 35.5. The Morgan fingerprint density at radius 3 is 2.83 bits per heavy atom. The smallest absolute Gasteiger partial charge is 0.267 e. The molecule has 0 aliphatic carbocycles. The number of carbonyl (C=O) groups excluding carboxylic acids is 1. The summed E-state index contributed by atoms with van der Waals surface area (Å²) in [6, 6.07) is 3.35. The first kappa shape index (κ1) is 16.3. The van der Waals surface area contributed by atoms with Crippen LogP contribution in [0.1, 0.15) is 20.8 Å². The van der Waals surface area contributed by atoms with Gasteiger partial charge in [-0.05, 0) is 25.5 Å². The molecule has 0 saturated carbocycles. The molecule has 2 heterocycles. The number of rotatable bonds is 4. The summed E-state index contributed by atoms with van der Waals surface area (Å²) in [7, 11) is 0. The number of carbonyl (C=O) groups is 1. The highest BCUT2D eigenvalue weighted by Crippen LogP contribution is 2.30. The molecule has 7 nitrogen and oxygen atoms in total. The summed E-state index contributed by atoms with van der Waals surface area (Å²) in [4.78, 5) is 17.0. The Morgan fingerprint density at radius 2 is 2.12 bits per heavy atom. The normalized spacial score (nSPS) is 10.6. The van der Waals surface area contributed by atoms with E-state index in [1.54, 1.807) is 19.1 Å². The number of anilines is 3. The van der Waals surface area contributed by atoms with E-state index >= 15 is 0 Å². The zero-order chi connectivity index (χ0) is 17.3. The monoisotopic (exact) mass is 363 g/mol. The number of thiazole rings is 1. The van der Waals surface area contributed by atoms with Gasteiger partial charge in [0, 0.05) is 5.56 Å². The molecule has 0 spiro atoms. The van der Waals surface area contributed by atoms with Crippen molar-refractivity contribution in [2.45, 2.75) is 13.8 Å². The topological polar surface area (TPSA) is 103 Å². The summed E-state index contributed by atoms with van der Waals surface area (Å²) in [5, 5.41) is 23.0. The number of halogens is 1. The van der Waals surface area contributed by atoms with E-state index in [4.69, 9.17) is 11.6 Å². The van der Waals surface area contributed by atoms with Crippen LogP contribution in [0.4, 0.5) is 16.6 Å². The van der Waals surface area contributed by atoms with Gasteiger partial charge in [-0.15, -0.1) is 0 Å². The van der Waals surface area contributed by atoms with Gasteiger partial charge in [0.25, 0.3) is 5.91 Å². The first-order chi connectivity index (χ1) is 11.5. The Hall–Kier alpha value is -2.58. The SMILES string of the molecule is Cc1ccc(O)c(C)c1NC(=O)c1cnc(Nc2[nH]ncc2Cl)s1. The second kappa shape index (κ2) is 6.50. The van der Waals surface area contributed by atoms with Gasteiger partial charge in [-0.3, -0.25) is 9.89 Å². The fourth-order valence-corrected chi connectivity index (χ4v) is 2.96. The van der Waals surface area contributed by atoms with Crippen molar-refractivity contribution in [2.24, 2.45) is 0 Å². The molecule has 0 bridgehead atoms. The molecule has 3 aromatic rings. The van der Waals surface area contributed by atoms with Crippen molar-refractivity contribution in [3.8, 4) is 5.75 Å². The fourth-order valence-electron chi connectivity index (χ4n) is 2.11. The van der Waals surface area contributed by atoms with Crippen LogP contribution in [-0.2, 0) is 0 Å². The van der Waals surface area contributed by atoms with Crippen molar-refractivity contribution in [3.05, 3.63) is 45.6 Å². The lowest BCUT2D eigenvalue weighted by atomic mass is 10.1. The van der Waals surface area contributed by atoms with Gasteiger partial charge in [-0.1, -0.05) is 29.0 Å². The number of phenolic OH excluding ortho intramolecular Hbond substituents is 1. The number of hydrogen-bond acceptors (Lipinski definition) is 6. The van der Waals surface area contributed by atoms with Gasteiger partial charge in [0.05, 0.1) is 18.1 Å². The summed E-state index contributed by atoms with van der Waals surface area (Å²) in [5.74, 6) is 0.349. The summed E-state index contributed by atoms with van der Waals surface area (Å²) < 4.78 is 0. The first-order valence-electron chi connectivity index (χ1n) is 6.98. The Bertz CT molecular complexity index is 905. The highest BCUT2D eigenvalue weighted by molar-refractivity contribution is 7.17. The summed E-state index contributed by atoms with van der Waals surface area (Å²) in [6.45, 7) is 3.61. The van der Waals surface area contributed by atoms with Gasteiger partial charge in [0.2, 0.25) is 0 Å². The third-order valence-electron chi connectivity index (χ3n) is 3.44. The number of amides is 1. The Morgan fingerprint density at radius 1 is 1.33 bits per heavy atom. The number of nitrogens with zero attached hydrogens (tertiary/aromatic N) is 2. The number of H-pyrrole nitrogens is 1. The maximum absolute atomic E-state index is 12.4. The number of hydrogen-bond donors (Lipinski definition) is 4. The summed E-state index contributed by atoms with van der Waals surface area (Å²) >= 11 is 7.11. The second-order valence-electron chi connectivity index (χ2n) is 5.10. The zero-order valence-corrected chi connectivity index (χ0v) is 14.4. The van der Waals surface area contributed by atoms with Crippen molar-refractivity contribution in [1.29, 1.82) is 0 Å². The van der Waals surface area contributed by atoms with Crippen molar-refractivity contribution in [1.82, 2.24) is 15.2 Å². The Kier molecular flexibility index (Phi) is 4.41. The number of aromatic amines is 1. The van der Waals surface area contributed by atoms with Crippen LogP contribution < -0.4 is 10.6 Å². The number of aryl methyl sites for hydroxylation is 1. The molecule has 4 N–H and O–H groups in total. The van der Waals surface area contributed by atoms with Crippen LogP contribution in [0.5, 0.6) is 5.75 Å². The largest absolute Gasteiger partial charge is 0.508 e. The van der Waals surface area contributed by atoms with Crippen molar-refractivity contribution < 1.29 is 9.90 Å². The van der Waals surface area contributed by atoms with Crippen LogP contribution in [0.3, 0.4) is 0 Å². The molecule has 9 heteroatoms. The molecule has 0 aliphatic heterocycles. The van der Waals surface area contributed by atoms with E-state index in [0.29, 0.717) is 32.1 Å². The molecule has 24 heavy (non-hydrogen) atoms. The van der Waals surface area contributed by atoms with Crippen LogP contribution in [0, 0.1) is 13.8 Å². The molecule has 3 rings (SSSR count). The minimum absolute atomic E-state index is 0.136. The van der Waals surface area contributed by atoms with Gasteiger partial charge in [0.1, 0.15) is 21.5 Å². The maximum Gasteiger partial charge on any atom is 0.267 e. The van der Waals surface area contributed by atoms with E-state index in [1.807, 2.05) is 6.92 Å². The molecule has 0 unspecified atom stereocenters. The molecule has 0 radical (unpaired) electrons. The molecule has 2 aromatic heterocycles. The lowest BCUT2D eigenvalue weighted by molar-refractivity contribution is 0.103. The first-order valence-corrected chi connectivity index (χ1v) is 8.17. The van der Waals surface area contributed by atoms with Crippen molar-refractivity contribution >= 4 is 45.5 Å². The van der Waals surface area contributed by atoms with E-state index < -0.39 is 0 Å². The summed E-state index contributed by atoms with van der Waals surface area (Å²) in [6.07, 6.45) is 2.94. The van der Waals surface area contributed by atoms with Crippen LogP contribution in [0.25, 0.3) is 0 Å². The predicted molar refractivity (Wildman–Crippen MR) is 94.5 cm³/mol. The highest BCUT2D eigenvalue weighted by Gasteiger charge is 2.15. The number of benzene rings is 1.